The van der Waals surface area contributed by atoms with Crippen molar-refractivity contribution in [1.82, 2.24) is 19.4 Å². The Morgan fingerprint density at radius 2 is 0.982 bits per heavy atom. The molecule has 0 aliphatic carbocycles. The Morgan fingerprint density at radius 1 is 0.482 bits per heavy atom. The maximum atomic E-state index is 15.6. The number of aromatic nitrogens is 4. The van der Waals surface area contributed by atoms with Crippen LogP contribution in [0.25, 0.3) is 33.3 Å². The van der Waals surface area contributed by atoms with Crippen LogP contribution in [0.4, 0.5) is 65.9 Å². The SMILES string of the molecule is Fc1c(F)c(F)c(/C(c2ccc[nH]2)=c2/ccc3c(-c4c(F)c(F)c(F)c(F)c4F)c4cc([C+](c5ccc[nH]5)c5c(F)c(F)c(F)c(F)c5F)[nH]c4n23)c(F)c1F. The number of nitrogens with zero attached hydrogens (tertiary/aromatic N) is 1. The zero-order valence-corrected chi connectivity index (χ0v) is 26.8. The molecule has 8 aromatic rings. The summed E-state index contributed by atoms with van der Waals surface area (Å²) in [5.41, 5.74) is -8.94. The number of rotatable bonds is 6. The van der Waals surface area contributed by atoms with Crippen LogP contribution in [0.15, 0.2) is 54.9 Å². The lowest BCUT2D eigenvalue weighted by Gasteiger charge is -2.12. The fourth-order valence-electron chi connectivity index (χ4n) is 6.67. The van der Waals surface area contributed by atoms with Crippen LogP contribution in [-0.4, -0.2) is 19.4 Å². The summed E-state index contributed by atoms with van der Waals surface area (Å²) in [5, 5.41) is -1.19. The highest BCUT2D eigenvalue weighted by molar-refractivity contribution is 6.06. The molecule has 3 aromatic carbocycles. The molecule has 5 aromatic heterocycles. The number of nitrogens with one attached hydrogen (secondary N) is 3. The van der Waals surface area contributed by atoms with E-state index in [-0.39, 0.29) is 11.4 Å². The predicted molar refractivity (Wildman–Crippen MR) is 166 cm³/mol. The second-order valence-corrected chi connectivity index (χ2v) is 12.0. The van der Waals surface area contributed by atoms with Crippen molar-refractivity contribution in [2.75, 3.05) is 0 Å². The van der Waals surface area contributed by atoms with Gasteiger partial charge in [-0.2, -0.15) is 22.0 Å². The number of hydrogen-bond donors (Lipinski definition) is 3. The Balaban J connectivity index is 1.59. The average Bonchev–Trinajstić information content (AvgIpc) is 4.04. The van der Waals surface area contributed by atoms with Gasteiger partial charge in [0.05, 0.1) is 27.4 Å². The number of fused-ring (bicyclic) bond motifs is 3. The summed E-state index contributed by atoms with van der Waals surface area (Å²) in [6.45, 7) is 0. The summed E-state index contributed by atoms with van der Waals surface area (Å²) in [4.78, 5) is 7.58. The molecule has 3 N–H and O–H groups in total. The first-order valence-electron chi connectivity index (χ1n) is 15.5. The molecule has 0 saturated carbocycles. The summed E-state index contributed by atoms with van der Waals surface area (Å²) >= 11 is 0. The molecule has 5 heterocycles. The van der Waals surface area contributed by atoms with Crippen LogP contribution in [-0.2, 0) is 0 Å². The van der Waals surface area contributed by atoms with E-state index in [0.717, 1.165) is 40.9 Å². The van der Waals surface area contributed by atoms with Gasteiger partial charge < -0.3 is 15.0 Å². The van der Waals surface area contributed by atoms with Gasteiger partial charge in [-0.25, -0.2) is 43.9 Å². The third-order valence-electron chi connectivity index (χ3n) is 9.07. The Kier molecular flexibility index (Phi) is 8.24. The Labute approximate surface area is 300 Å². The lowest BCUT2D eigenvalue weighted by molar-refractivity contribution is 0.373. The van der Waals surface area contributed by atoms with Gasteiger partial charge in [-0.3, -0.25) is 4.40 Å². The van der Waals surface area contributed by atoms with Gasteiger partial charge in [0.15, 0.2) is 52.1 Å². The van der Waals surface area contributed by atoms with Crippen molar-refractivity contribution >= 4 is 22.1 Å². The highest BCUT2D eigenvalue weighted by Gasteiger charge is 2.41. The van der Waals surface area contributed by atoms with Crippen molar-refractivity contribution in [3.63, 3.8) is 0 Å². The molecule has 0 spiro atoms. The fraction of sp³-hybridized carbons (Fsp3) is 0. The molecule has 284 valence electrons. The minimum absolute atomic E-state index is 0.354. The van der Waals surface area contributed by atoms with Crippen LogP contribution in [0.2, 0.25) is 0 Å². The minimum atomic E-state index is -2.57. The van der Waals surface area contributed by atoms with E-state index in [0.29, 0.717) is 0 Å². The molecule has 0 fully saturated rings. The van der Waals surface area contributed by atoms with Gasteiger partial charge in [0.25, 0.3) is 0 Å². The smallest absolute Gasteiger partial charge is 0.239 e. The number of benzene rings is 3. The highest BCUT2D eigenvalue weighted by Crippen LogP contribution is 2.44. The van der Waals surface area contributed by atoms with E-state index in [1.54, 1.807) is 0 Å². The monoisotopic (exact) mass is 797 g/mol. The highest BCUT2D eigenvalue weighted by atomic mass is 19.2. The van der Waals surface area contributed by atoms with Crippen LogP contribution < -0.4 is 5.35 Å². The quantitative estimate of drug-likeness (QED) is 0.0650. The average molecular weight is 798 g/mol. The van der Waals surface area contributed by atoms with Crippen molar-refractivity contribution in [2.45, 2.75) is 0 Å². The van der Waals surface area contributed by atoms with Crippen LogP contribution in [0, 0.1) is 93.2 Å². The molecular weight excluding hydrogens is 785 g/mol. The van der Waals surface area contributed by atoms with Gasteiger partial charge in [-0.1, -0.05) is 0 Å². The van der Waals surface area contributed by atoms with Crippen molar-refractivity contribution < 1.29 is 65.9 Å². The first kappa shape index (κ1) is 36.3. The van der Waals surface area contributed by atoms with Crippen molar-refractivity contribution in [3.05, 3.63) is 182 Å². The van der Waals surface area contributed by atoms with E-state index in [9.17, 15) is 39.5 Å². The lowest BCUT2D eigenvalue weighted by atomic mass is 9.90. The molecule has 56 heavy (non-hydrogen) atoms. The molecule has 0 atom stereocenters. The third kappa shape index (κ3) is 4.88. The van der Waals surface area contributed by atoms with E-state index >= 15 is 26.3 Å². The standard InChI is InChI=1S/C37H12F15N4/c38-22-19(23(39)29(45)34(50)28(22)44)16-10-9-13(17(11-3-1-7-53-11)20-24(40)30(46)35(51)31(47)25(20)41)55-37(10)56-14(16)5-6-15(56)18(12-4-2-8-54-12)21-26(42)32(48)36(52)33(49)27(21)43/h1-9,53-55H/q+1/b18-15-. The maximum Gasteiger partial charge on any atom is 0.239 e. The van der Waals surface area contributed by atoms with Crippen LogP contribution in [0.5, 0.6) is 0 Å². The summed E-state index contributed by atoms with van der Waals surface area (Å²) in [7, 11) is 0. The number of H-pyrrole nitrogens is 3. The molecular formula is C37H12F15N4+. The zero-order chi connectivity index (χ0) is 40.2. The molecule has 0 radical (unpaired) electrons. The molecule has 0 saturated heterocycles. The summed E-state index contributed by atoms with van der Waals surface area (Å²) in [6, 6.07) is 7.29. The molecule has 8 rings (SSSR count). The van der Waals surface area contributed by atoms with Gasteiger partial charge in [0.2, 0.25) is 40.7 Å². The fourth-order valence-corrected chi connectivity index (χ4v) is 6.67. The summed E-state index contributed by atoms with van der Waals surface area (Å²) < 4.78 is 224. The molecule has 0 aliphatic heterocycles. The van der Waals surface area contributed by atoms with Gasteiger partial charge in [-0.15, -0.1) is 0 Å². The lowest BCUT2D eigenvalue weighted by Crippen LogP contribution is -2.18. The largest absolute Gasteiger partial charge is 0.361 e. The van der Waals surface area contributed by atoms with Crippen molar-refractivity contribution in [3.8, 4) is 11.1 Å². The Morgan fingerprint density at radius 3 is 1.50 bits per heavy atom. The van der Waals surface area contributed by atoms with E-state index in [1.165, 1.54) is 18.3 Å². The second-order valence-electron chi connectivity index (χ2n) is 12.0. The normalized spacial score (nSPS) is 12.5. The molecule has 0 amide bonds. The van der Waals surface area contributed by atoms with Gasteiger partial charge in [0, 0.05) is 41.4 Å². The second kappa shape index (κ2) is 12.7. The number of aromatic amines is 3. The third-order valence-corrected chi connectivity index (χ3v) is 9.07. The van der Waals surface area contributed by atoms with Crippen molar-refractivity contribution in [2.24, 2.45) is 0 Å². The van der Waals surface area contributed by atoms with Crippen LogP contribution in [0.3, 0.4) is 0 Å². The Bertz CT molecular complexity index is 2890. The van der Waals surface area contributed by atoms with E-state index in [2.05, 4.69) is 15.0 Å². The van der Waals surface area contributed by atoms with E-state index < -0.39 is 149 Å². The molecule has 0 aliphatic rings. The van der Waals surface area contributed by atoms with Crippen LogP contribution >= 0.6 is 0 Å². The molecule has 19 heteroatoms. The predicted octanol–water partition coefficient (Wildman–Crippen LogP) is 9.82. The van der Waals surface area contributed by atoms with Crippen LogP contribution in [0.1, 0.15) is 28.2 Å². The maximum absolute atomic E-state index is 15.6. The van der Waals surface area contributed by atoms with Gasteiger partial charge in [0.1, 0.15) is 23.0 Å². The zero-order valence-electron chi connectivity index (χ0n) is 26.8. The first-order valence-corrected chi connectivity index (χ1v) is 15.5. The minimum Gasteiger partial charge on any atom is -0.361 e. The van der Waals surface area contributed by atoms with Crippen molar-refractivity contribution in [1.29, 1.82) is 0 Å². The van der Waals surface area contributed by atoms with E-state index in [1.807, 2.05) is 0 Å². The number of halogens is 15. The molecule has 0 bridgehead atoms. The molecule has 0 unspecified atom stereocenters. The van der Waals surface area contributed by atoms with Gasteiger partial charge >= 0.3 is 0 Å². The molecule has 4 nitrogen and oxygen atoms in total. The summed E-state index contributed by atoms with van der Waals surface area (Å²) in [5.74, 6) is -37.2. The summed E-state index contributed by atoms with van der Waals surface area (Å²) in [6.07, 6.45) is 2.33. The Hall–Kier alpha value is -6.66. The van der Waals surface area contributed by atoms with Gasteiger partial charge in [-0.05, 0) is 30.3 Å². The topological polar surface area (TPSA) is 51.8 Å². The first-order chi connectivity index (χ1) is 26.6. The van der Waals surface area contributed by atoms with E-state index in [4.69, 9.17) is 0 Å². The number of hydrogen-bond acceptors (Lipinski definition) is 0.